The van der Waals surface area contributed by atoms with Crippen molar-refractivity contribution in [1.29, 1.82) is 0 Å². The third-order valence-corrected chi connectivity index (χ3v) is 18.3. The number of nitrogens with zero attached hydrogens (tertiary/aromatic N) is 5. The molecular formula is C69H71N5Pt. The zero-order valence-electron chi connectivity index (χ0n) is 47.1. The number of aromatic nitrogens is 3. The van der Waals surface area contributed by atoms with E-state index in [0.717, 1.165) is 55.7 Å². The van der Waals surface area contributed by atoms with Crippen molar-refractivity contribution in [1.82, 2.24) is 19.0 Å². The molecule has 4 atom stereocenters. The molecule has 5 nitrogen and oxygen atoms in total. The third-order valence-electron chi connectivity index (χ3n) is 18.3. The summed E-state index contributed by atoms with van der Waals surface area (Å²) in [5.41, 5.74) is 27.9. The summed E-state index contributed by atoms with van der Waals surface area (Å²) in [7, 11) is 0. The van der Waals surface area contributed by atoms with Gasteiger partial charge < -0.3 is 19.0 Å². The number of hydrogen-bond acceptors (Lipinski definition) is 3. The first-order valence-electron chi connectivity index (χ1n) is 27.0. The van der Waals surface area contributed by atoms with Gasteiger partial charge in [-0.25, -0.2) is 4.98 Å². The molecule has 0 N–H and O–H groups in total. The van der Waals surface area contributed by atoms with Crippen LogP contribution in [-0.4, -0.2) is 24.9 Å². The van der Waals surface area contributed by atoms with E-state index in [9.17, 15) is 0 Å². The summed E-state index contributed by atoms with van der Waals surface area (Å²) < 4.78 is 4.73. The molecule has 0 fully saturated rings. The van der Waals surface area contributed by atoms with E-state index in [4.69, 9.17) is 9.98 Å². The van der Waals surface area contributed by atoms with Crippen LogP contribution in [0, 0.1) is 72.4 Å². The van der Waals surface area contributed by atoms with E-state index in [1.54, 1.807) is 0 Å². The van der Waals surface area contributed by atoms with Crippen LogP contribution in [0.25, 0.3) is 66.2 Å². The van der Waals surface area contributed by atoms with E-state index in [2.05, 4.69) is 235 Å². The van der Waals surface area contributed by atoms with E-state index >= 15 is 0 Å². The van der Waals surface area contributed by atoms with Crippen molar-refractivity contribution in [2.24, 2.45) is 16.8 Å². The standard InChI is InChI=1S/C69H71N5.Pt/c1-36(2)48-31-49(66-71-65-57-29-40(6)42(8)46(12)62(57)63-47(13)43(9)41(7)30-58(63)69(65,17)74(66)64-44(10)38(4)28-39(5)45(64)11)33-52(32-48)72-59-24-20-37(3)27-55(59)53-23-22-51(35-61(53)72)73-60-25-21-50(68(14,15)16)34-56(60)54-19-18-26-70-67(54)73;/h18-32,34,36,38,44,65H,1-17H3;/q-2;+2/t38-,44-,65+,69-;/m0./s1. The van der Waals surface area contributed by atoms with Crippen LogP contribution in [0.2, 0.25) is 0 Å². The van der Waals surface area contributed by atoms with E-state index in [1.165, 1.54) is 99.9 Å². The number of pyridine rings is 1. The number of amidine groups is 1. The molecule has 3 aromatic heterocycles. The number of fused-ring (bicyclic) bond motifs is 12. The second-order valence-electron chi connectivity index (χ2n) is 24.1. The fraction of sp³-hybridized carbons (Fsp3) is 0.333. The molecule has 1 aliphatic heterocycles. The van der Waals surface area contributed by atoms with Crippen LogP contribution in [0.3, 0.4) is 0 Å². The minimum absolute atomic E-state index is 0. The van der Waals surface area contributed by atoms with Crippen molar-refractivity contribution in [2.75, 3.05) is 0 Å². The van der Waals surface area contributed by atoms with Gasteiger partial charge in [0.25, 0.3) is 0 Å². The average molecular weight is 1170 g/mol. The first-order chi connectivity index (χ1) is 35.1. The number of hydrogen-bond donors (Lipinski definition) is 0. The van der Waals surface area contributed by atoms with Gasteiger partial charge in [0.05, 0.1) is 22.9 Å². The summed E-state index contributed by atoms with van der Waals surface area (Å²) in [6, 6.07) is 40.4. The Kier molecular flexibility index (Phi) is 12.0. The van der Waals surface area contributed by atoms with E-state index in [-0.39, 0.29) is 44.4 Å². The Labute approximate surface area is 459 Å². The fourth-order valence-electron chi connectivity index (χ4n) is 13.3. The van der Waals surface area contributed by atoms with E-state index < -0.39 is 5.54 Å². The second kappa shape index (κ2) is 17.6. The number of aliphatic imine (C=N–C) groups is 1. The van der Waals surface area contributed by atoms with Crippen LogP contribution < -0.4 is 0 Å². The normalized spacial score (nSPS) is 19.5. The maximum absolute atomic E-state index is 6.18. The van der Waals surface area contributed by atoms with Gasteiger partial charge in [-0.1, -0.05) is 107 Å². The van der Waals surface area contributed by atoms with Crippen molar-refractivity contribution >= 4 is 49.6 Å². The summed E-state index contributed by atoms with van der Waals surface area (Å²) in [6.45, 7) is 39.6. The molecule has 382 valence electrons. The average Bonchev–Trinajstić information content (AvgIpc) is 4.01. The Bertz CT molecular complexity index is 4030. The molecule has 0 unspecified atom stereocenters. The van der Waals surface area contributed by atoms with Gasteiger partial charge in [0.1, 0.15) is 5.65 Å². The van der Waals surface area contributed by atoms with Crippen molar-refractivity contribution in [3.63, 3.8) is 0 Å². The predicted octanol–water partition coefficient (Wildman–Crippen LogP) is 17.7. The van der Waals surface area contributed by atoms with Gasteiger partial charge in [-0.15, -0.1) is 46.8 Å². The number of benzene rings is 6. The maximum atomic E-state index is 6.18. The first kappa shape index (κ1) is 50.8. The molecule has 12 rings (SSSR count). The molecule has 2 aliphatic carbocycles. The van der Waals surface area contributed by atoms with Gasteiger partial charge in [-0.05, 0) is 195 Å². The minimum atomic E-state index is -0.546. The molecule has 0 radical (unpaired) electrons. The Hall–Kier alpha value is -6.29. The molecule has 9 aromatic rings. The van der Waals surface area contributed by atoms with Crippen LogP contribution >= 0.6 is 0 Å². The summed E-state index contributed by atoms with van der Waals surface area (Å²) in [5, 5.41) is 4.70. The molecule has 0 spiro atoms. The molecule has 0 saturated carbocycles. The molecule has 75 heavy (non-hydrogen) atoms. The fourth-order valence-corrected chi connectivity index (χ4v) is 13.3. The van der Waals surface area contributed by atoms with Gasteiger partial charge in [-0.3, -0.25) is 0 Å². The molecule has 4 heterocycles. The van der Waals surface area contributed by atoms with E-state index in [0.29, 0.717) is 5.92 Å². The van der Waals surface area contributed by atoms with Gasteiger partial charge >= 0.3 is 21.1 Å². The monoisotopic (exact) mass is 1160 g/mol. The van der Waals surface area contributed by atoms with Crippen molar-refractivity contribution in [2.45, 2.75) is 141 Å². The summed E-state index contributed by atoms with van der Waals surface area (Å²) in [5.74, 6) is 1.81. The number of rotatable bonds is 5. The zero-order valence-corrected chi connectivity index (χ0v) is 49.4. The van der Waals surface area contributed by atoms with Gasteiger partial charge in [0.15, 0.2) is 0 Å². The van der Waals surface area contributed by atoms with Crippen molar-refractivity contribution < 1.29 is 21.1 Å². The van der Waals surface area contributed by atoms with E-state index in [1.807, 2.05) is 6.20 Å². The third kappa shape index (κ3) is 7.33. The van der Waals surface area contributed by atoms with Gasteiger partial charge in [0, 0.05) is 34.1 Å². The van der Waals surface area contributed by atoms with Gasteiger partial charge in [0.2, 0.25) is 0 Å². The maximum Gasteiger partial charge on any atom is 2.00 e. The van der Waals surface area contributed by atoms with Crippen molar-refractivity contribution in [3.8, 4) is 22.5 Å². The van der Waals surface area contributed by atoms with Crippen LogP contribution in [0.15, 0.2) is 119 Å². The topological polar surface area (TPSA) is 38.4 Å². The zero-order chi connectivity index (χ0) is 52.3. The predicted molar refractivity (Wildman–Crippen MR) is 312 cm³/mol. The Morgan fingerprint density at radius 3 is 2.07 bits per heavy atom. The molecule has 0 amide bonds. The van der Waals surface area contributed by atoms with Crippen LogP contribution in [-0.2, 0) is 32.0 Å². The first-order valence-corrected chi connectivity index (χ1v) is 27.0. The summed E-state index contributed by atoms with van der Waals surface area (Å²) in [4.78, 5) is 14.0. The molecule has 6 heteroatoms. The second-order valence-corrected chi connectivity index (χ2v) is 24.1. The summed E-state index contributed by atoms with van der Waals surface area (Å²) in [6.07, 6.45) is 4.39. The van der Waals surface area contributed by atoms with Crippen LogP contribution in [0.1, 0.15) is 148 Å². The SMILES string of the molecule is CC1=C[C@H](C)[C@H](C)C(N2C(c3[c-]c(-n4c5[c-]c(-n6c7ccc(C(C)(C)C)cc7c7cccnc76)ccc5c5cc(C)ccc54)cc(C(C)C)c3)=N[C@@H]3c4cc(C)c(C)c(C)c4-c4c(cc(C)c(C)c4C)[C@@]32C)=C1C.[Pt+2]. The Balaban J connectivity index is 0.00000602. The van der Waals surface area contributed by atoms with Crippen LogP contribution in [0.5, 0.6) is 0 Å². The number of aryl methyl sites for hydroxylation is 3. The smallest absolute Gasteiger partial charge is 0.357 e. The Morgan fingerprint density at radius 1 is 0.667 bits per heavy atom. The molecule has 0 saturated heterocycles. The molecule has 3 aliphatic rings. The van der Waals surface area contributed by atoms with Crippen LogP contribution in [0.4, 0.5) is 0 Å². The van der Waals surface area contributed by atoms with Gasteiger partial charge in [-0.2, -0.15) is 6.07 Å². The minimum Gasteiger partial charge on any atom is -0.357 e. The molecular weight excluding hydrogens is 1090 g/mol. The summed E-state index contributed by atoms with van der Waals surface area (Å²) >= 11 is 0. The quantitative estimate of drug-likeness (QED) is 0.161. The Morgan fingerprint density at radius 2 is 1.35 bits per heavy atom. The molecule has 0 bridgehead atoms. The number of allylic oxidation sites excluding steroid dienone is 4. The van der Waals surface area contributed by atoms with Crippen molar-refractivity contribution in [3.05, 3.63) is 193 Å². The molecule has 6 aromatic carbocycles. The largest absolute Gasteiger partial charge is 2.00 e.